The van der Waals surface area contributed by atoms with Crippen LogP contribution in [-0.2, 0) is 9.59 Å². The molecule has 0 heterocycles. The molecule has 4 aliphatic carbocycles. The Hall–Kier alpha value is -0.660. The van der Waals surface area contributed by atoms with Crippen molar-refractivity contribution in [2.24, 2.45) is 40.4 Å². The Morgan fingerprint density at radius 2 is 1.58 bits per heavy atom. The lowest BCUT2D eigenvalue weighted by Crippen LogP contribution is -2.54. The van der Waals surface area contributed by atoms with E-state index in [1.54, 1.807) is 0 Å². The van der Waals surface area contributed by atoms with Crippen LogP contribution in [0.5, 0.6) is 0 Å². The first-order valence-corrected chi connectivity index (χ1v) is 10.4. The molecule has 0 radical (unpaired) electrons. The molecule has 134 valence electrons. The summed E-state index contributed by atoms with van der Waals surface area (Å²) in [5.74, 6) is 4.44. The lowest BCUT2D eigenvalue weighted by molar-refractivity contribution is -0.152. The predicted molar refractivity (Wildman–Crippen MR) is 95.5 cm³/mol. The number of carbonyl (C=O) groups is 2. The van der Waals surface area contributed by atoms with Crippen LogP contribution in [0.3, 0.4) is 0 Å². The molecule has 4 aliphatic rings. The fourth-order valence-electron chi connectivity index (χ4n) is 7.34. The Bertz CT molecular complexity index is 552. The zero-order valence-electron chi connectivity index (χ0n) is 15.8. The average Bonchev–Trinajstić information content (AvgIpc) is 2.68. The molecule has 24 heavy (non-hydrogen) atoms. The largest absolute Gasteiger partial charge is 0.300 e. The number of ketones is 2. The summed E-state index contributed by atoms with van der Waals surface area (Å²) in [6, 6.07) is 0. The molecule has 2 nitrogen and oxygen atoms in total. The topological polar surface area (TPSA) is 34.1 Å². The van der Waals surface area contributed by atoms with Gasteiger partial charge in [-0.15, -0.1) is 0 Å². The van der Waals surface area contributed by atoms with Gasteiger partial charge < -0.3 is 0 Å². The monoisotopic (exact) mass is 330 g/mol. The summed E-state index contributed by atoms with van der Waals surface area (Å²) in [6.45, 7) is 7.03. The van der Waals surface area contributed by atoms with Crippen LogP contribution in [0.25, 0.3) is 0 Å². The molecule has 2 heteroatoms. The summed E-state index contributed by atoms with van der Waals surface area (Å²) < 4.78 is 0. The van der Waals surface area contributed by atoms with Gasteiger partial charge in [-0.3, -0.25) is 9.59 Å². The molecule has 0 amide bonds. The van der Waals surface area contributed by atoms with Gasteiger partial charge in [0, 0.05) is 24.7 Å². The Balaban J connectivity index is 1.64. The first-order chi connectivity index (χ1) is 11.3. The Morgan fingerprint density at radius 3 is 2.38 bits per heavy atom. The molecule has 0 aromatic heterocycles. The standard InChI is InChI=1S/C22H34O2/c1-14-12-19-17-7-10-21(2)9-6-15(23)4-5-18(21)16(17)8-11-22(19,3)20(24)13-14/h14,16-19H,4-13H2,1-3H3. The molecule has 0 saturated heterocycles. The van der Waals surface area contributed by atoms with E-state index in [-0.39, 0.29) is 5.41 Å². The molecule has 0 bridgehead atoms. The molecule has 0 N–H and O–H groups in total. The van der Waals surface area contributed by atoms with Gasteiger partial charge in [0.2, 0.25) is 0 Å². The van der Waals surface area contributed by atoms with Gasteiger partial charge in [-0.05, 0) is 80.0 Å². The molecule has 0 aromatic rings. The van der Waals surface area contributed by atoms with Crippen LogP contribution >= 0.6 is 0 Å². The second-order valence-corrected chi connectivity index (χ2v) is 10.2. The summed E-state index contributed by atoms with van der Waals surface area (Å²) in [6.07, 6.45) is 10.8. The first kappa shape index (κ1) is 16.8. The molecule has 7 atom stereocenters. The van der Waals surface area contributed by atoms with Crippen LogP contribution in [-0.4, -0.2) is 11.6 Å². The fraction of sp³-hybridized carbons (Fsp3) is 0.909. The van der Waals surface area contributed by atoms with Crippen LogP contribution in [0.2, 0.25) is 0 Å². The van der Waals surface area contributed by atoms with Crippen LogP contribution < -0.4 is 0 Å². The van der Waals surface area contributed by atoms with Crippen molar-refractivity contribution in [1.82, 2.24) is 0 Å². The van der Waals surface area contributed by atoms with E-state index in [2.05, 4.69) is 20.8 Å². The number of rotatable bonds is 0. The maximum atomic E-state index is 12.8. The maximum Gasteiger partial charge on any atom is 0.139 e. The van der Waals surface area contributed by atoms with Crippen molar-refractivity contribution >= 4 is 11.6 Å². The number of Topliss-reactive ketones (excluding diaryl/α,β-unsaturated/α-hetero) is 2. The SMILES string of the molecule is CC1CC(=O)C2(C)CCC3C(CCC4(C)CCC(=O)CCC34)C2C1. The highest BCUT2D eigenvalue weighted by molar-refractivity contribution is 5.86. The Labute approximate surface area is 147 Å². The number of carbonyl (C=O) groups excluding carboxylic acids is 2. The van der Waals surface area contributed by atoms with Crippen molar-refractivity contribution in [2.75, 3.05) is 0 Å². The normalized spacial score (nSPS) is 52.0. The molecular weight excluding hydrogens is 296 g/mol. The summed E-state index contributed by atoms with van der Waals surface area (Å²) in [7, 11) is 0. The third-order valence-electron chi connectivity index (χ3n) is 8.88. The van der Waals surface area contributed by atoms with Crippen molar-refractivity contribution < 1.29 is 9.59 Å². The van der Waals surface area contributed by atoms with Gasteiger partial charge in [0.25, 0.3) is 0 Å². The third-order valence-corrected chi connectivity index (χ3v) is 8.88. The molecular formula is C22H34O2. The molecule has 4 rings (SSSR count). The van der Waals surface area contributed by atoms with Crippen LogP contribution in [0, 0.1) is 40.4 Å². The van der Waals surface area contributed by atoms with Gasteiger partial charge >= 0.3 is 0 Å². The van der Waals surface area contributed by atoms with Gasteiger partial charge in [0.1, 0.15) is 11.6 Å². The molecule has 0 aromatic carbocycles. The van der Waals surface area contributed by atoms with Crippen molar-refractivity contribution in [3.8, 4) is 0 Å². The van der Waals surface area contributed by atoms with E-state index in [0.29, 0.717) is 28.8 Å². The lowest BCUT2D eigenvalue weighted by atomic mass is 9.45. The Morgan fingerprint density at radius 1 is 0.875 bits per heavy atom. The minimum absolute atomic E-state index is 0.0397. The van der Waals surface area contributed by atoms with Crippen molar-refractivity contribution in [2.45, 2.75) is 85.0 Å². The summed E-state index contributed by atoms with van der Waals surface area (Å²) >= 11 is 0. The number of hydrogen-bond donors (Lipinski definition) is 0. The highest BCUT2D eigenvalue weighted by atomic mass is 16.1. The number of hydrogen-bond acceptors (Lipinski definition) is 2. The molecule has 0 spiro atoms. The van der Waals surface area contributed by atoms with Crippen molar-refractivity contribution in [1.29, 1.82) is 0 Å². The lowest BCUT2D eigenvalue weighted by Gasteiger charge is -2.59. The van der Waals surface area contributed by atoms with Crippen LogP contribution in [0.15, 0.2) is 0 Å². The van der Waals surface area contributed by atoms with Crippen molar-refractivity contribution in [3.63, 3.8) is 0 Å². The van der Waals surface area contributed by atoms with Gasteiger partial charge in [-0.1, -0.05) is 20.8 Å². The average molecular weight is 331 g/mol. The van der Waals surface area contributed by atoms with E-state index in [4.69, 9.17) is 0 Å². The molecule has 4 saturated carbocycles. The van der Waals surface area contributed by atoms with Gasteiger partial charge in [-0.25, -0.2) is 0 Å². The second-order valence-electron chi connectivity index (χ2n) is 10.2. The highest BCUT2D eigenvalue weighted by Gasteiger charge is 2.57. The van der Waals surface area contributed by atoms with E-state index in [9.17, 15) is 9.59 Å². The van der Waals surface area contributed by atoms with E-state index < -0.39 is 0 Å². The van der Waals surface area contributed by atoms with Gasteiger partial charge in [0.15, 0.2) is 0 Å². The zero-order chi connectivity index (χ0) is 17.1. The summed E-state index contributed by atoms with van der Waals surface area (Å²) in [5, 5.41) is 0. The van der Waals surface area contributed by atoms with E-state index in [0.717, 1.165) is 56.3 Å². The van der Waals surface area contributed by atoms with E-state index in [1.807, 2.05) is 0 Å². The van der Waals surface area contributed by atoms with Crippen LogP contribution in [0.4, 0.5) is 0 Å². The third kappa shape index (κ3) is 2.42. The van der Waals surface area contributed by atoms with Crippen LogP contribution in [0.1, 0.15) is 85.0 Å². The smallest absolute Gasteiger partial charge is 0.139 e. The molecule has 0 aliphatic heterocycles. The Kier molecular flexibility index (Phi) is 3.97. The van der Waals surface area contributed by atoms with Gasteiger partial charge in [-0.2, -0.15) is 0 Å². The summed E-state index contributed by atoms with van der Waals surface area (Å²) in [4.78, 5) is 24.9. The molecule has 7 unspecified atom stereocenters. The number of fused-ring (bicyclic) bond motifs is 5. The fourth-order valence-corrected chi connectivity index (χ4v) is 7.34. The molecule has 4 fully saturated rings. The quantitative estimate of drug-likeness (QED) is 0.612. The van der Waals surface area contributed by atoms with Gasteiger partial charge in [0.05, 0.1) is 0 Å². The summed E-state index contributed by atoms with van der Waals surface area (Å²) in [5.41, 5.74) is 0.341. The predicted octanol–water partition coefficient (Wildman–Crippen LogP) is 5.19. The van der Waals surface area contributed by atoms with E-state index >= 15 is 0 Å². The second kappa shape index (κ2) is 5.68. The minimum atomic E-state index is -0.0397. The van der Waals surface area contributed by atoms with Crippen molar-refractivity contribution in [3.05, 3.63) is 0 Å². The van der Waals surface area contributed by atoms with E-state index in [1.165, 1.54) is 25.7 Å². The zero-order valence-corrected chi connectivity index (χ0v) is 15.8. The minimum Gasteiger partial charge on any atom is -0.300 e. The maximum absolute atomic E-state index is 12.8. The highest BCUT2D eigenvalue weighted by Crippen LogP contribution is 2.63. The first-order valence-electron chi connectivity index (χ1n) is 10.4.